The highest BCUT2D eigenvalue weighted by Gasteiger charge is 2.27. The summed E-state index contributed by atoms with van der Waals surface area (Å²) >= 11 is 0. The van der Waals surface area contributed by atoms with Crippen molar-refractivity contribution in [2.24, 2.45) is 5.92 Å². The average Bonchev–Trinajstić information content (AvgIpc) is 3.07. The first-order valence-electron chi connectivity index (χ1n) is 10.2. The summed E-state index contributed by atoms with van der Waals surface area (Å²) in [5.41, 5.74) is 0.942. The standard InChI is InChI=1S/C22H27N3O4S/c1-22(2,3)21-24-18-12-16(30(27,28)17-6-9-23-20(26)13-17)4-5-19(18)25(21)14-15-7-10-29-11-8-15/h4-6,9,12-13,15H,7-8,10-11,14H2,1-3H3,(H,23,26). The van der Waals surface area contributed by atoms with E-state index in [0.29, 0.717) is 11.4 Å². The number of pyridine rings is 1. The molecule has 2 aromatic heterocycles. The van der Waals surface area contributed by atoms with Crippen molar-refractivity contribution in [2.45, 2.75) is 55.4 Å². The fourth-order valence-corrected chi connectivity index (χ4v) is 5.24. The molecule has 1 fully saturated rings. The Balaban J connectivity index is 1.81. The van der Waals surface area contributed by atoms with Crippen LogP contribution in [0.4, 0.5) is 0 Å². The third-order valence-electron chi connectivity index (χ3n) is 5.54. The lowest BCUT2D eigenvalue weighted by Gasteiger charge is -2.26. The van der Waals surface area contributed by atoms with E-state index >= 15 is 0 Å². The van der Waals surface area contributed by atoms with E-state index in [-0.39, 0.29) is 15.2 Å². The molecule has 1 aliphatic rings. The van der Waals surface area contributed by atoms with Crippen LogP contribution >= 0.6 is 0 Å². The Bertz CT molecular complexity index is 1230. The molecule has 0 atom stereocenters. The summed E-state index contributed by atoms with van der Waals surface area (Å²) < 4.78 is 33.8. The van der Waals surface area contributed by atoms with Gasteiger partial charge in [0.1, 0.15) is 5.82 Å². The van der Waals surface area contributed by atoms with Crippen molar-refractivity contribution in [1.82, 2.24) is 14.5 Å². The molecule has 1 saturated heterocycles. The summed E-state index contributed by atoms with van der Waals surface area (Å²) in [5, 5.41) is 0. The molecule has 160 valence electrons. The second-order valence-corrected chi connectivity index (χ2v) is 10.8. The molecule has 0 aliphatic carbocycles. The van der Waals surface area contributed by atoms with E-state index in [2.05, 4.69) is 30.3 Å². The zero-order valence-electron chi connectivity index (χ0n) is 17.5. The van der Waals surface area contributed by atoms with E-state index in [0.717, 1.165) is 50.0 Å². The van der Waals surface area contributed by atoms with Crippen molar-refractivity contribution >= 4 is 20.9 Å². The Morgan fingerprint density at radius 2 is 1.83 bits per heavy atom. The molecule has 0 saturated carbocycles. The van der Waals surface area contributed by atoms with Gasteiger partial charge in [-0.1, -0.05) is 20.8 Å². The van der Waals surface area contributed by atoms with Gasteiger partial charge in [0, 0.05) is 37.4 Å². The summed E-state index contributed by atoms with van der Waals surface area (Å²) in [6.45, 7) is 8.74. The lowest BCUT2D eigenvalue weighted by Crippen LogP contribution is -2.25. The Kier molecular flexibility index (Phi) is 5.32. The zero-order chi connectivity index (χ0) is 21.5. The molecule has 3 aromatic rings. The quantitative estimate of drug-likeness (QED) is 0.687. The predicted octanol–water partition coefficient (Wildman–Crippen LogP) is 3.28. The van der Waals surface area contributed by atoms with Crippen molar-refractivity contribution in [1.29, 1.82) is 0 Å². The van der Waals surface area contributed by atoms with Gasteiger partial charge in [0.05, 0.1) is 20.8 Å². The van der Waals surface area contributed by atoms with Gasteiger partial charge in [-0.05, 0) is 43.0 Å². The third-order valence-corrected chi connectivity index (χ3v) is 7.29. The van der Waals surface area contributed by atoms with Crippen molar-refractivity contribution in [3.8, 4) is 0 Å². The highest BCUT2D eigenvalue weighted by Crippen LogP contribution is 2.31. The number of hydrogen-bond acceptors (Lipinski definition) is 5. The Morgan fingerprint density at radius 3 is 2.50 bits per heavy atom. The number of imidazole rings is 1. The van der Waals surface area contributed by atoms with Gasteiger partial charge in [0.2, 0.25) is 15.4 Å². The van der Waals surface area contributed by atoms with Crippen LogP contribution in [0.25, 0.3) is 11.0 Å². The summed E-state index contributed by atoms with van der Waals surface area (Å²) in [7, 11) is -3.80. The van der Waals surface area contributed by atoms with Crippen LogP contribution in [0.2, 0.25) is 0 Å². The lowest BCUT2D eigenvalue weighted by molar-refractivity contribution is 0.0611. The van der Waals surface area contributed by atoms with Crippen molar-refractivity contribution in [2.75, 3.05) is 13.2 Å². The highest BCUT2D eigenvalue weighted by atomic mass is 32.2. The fraction of sp³-hybridized carbons (Fsp3) is 0.455. The molecular formula is C22H27N3O4S. The molecule has 0 radical (unpaired) electrons. The van der Waals surface area contributed by atoms with Crippen molar-refractivity contribution in [3.63, 3.8) is 0 Å². The molecule has 8 heteroatoms. The number of rotatable bonds is 4. The first-order valence-corrected chi connectivity index (χ1v) is 11.7. The van der Waals surface area contributed by atoms with Crippen molar-refractivity contribution in [3.05, 3.63) is 52.7 Å². The maximum Gasteiger partial charge on any atom is 0.249 e. The molecule has 4 rings (SSSR count). The SMILES string of the molecule is CC(C)(C)c1nc2cc(S(=O)(=O)c3cc[nH]c(=O)c3)ccc2n1CC1CCOCC1. The smallest absolute Gasteiger partial charge is 0.249 e. The van der Waals surface area contributed by atoms with Crippen LogP contribution in [0, 0.1) is 5.92 Å². The number of nitrogens with one attached hydrogen (secondary N) is 1. The topological polar surface area (TPSA) is 94.0 Å². The molecule has 0 spiro atoms. The van der Waals surface area contributed by atoms with Crippen LogP contribution in [0.5, 0.6) is 0 Å². The van der Waals surface area contributed by atoms with Gasteiger partial charge in [0.15, 0.2) is 0 Å². The second kappa shape index (κ2) is 7.67. The first kappa shape index (κ1) is 20.8. The van der Waals surface area contributed by atoms with Crippen LogP contribution in [0.3, 0.4) is 0 Å². The number of fused-ring (bicyclic) bond motifs is 1. The van der Waals surface area contributed by atoms with Gasteiger partial charge in [-0.25, -0.2) is 13.4 Å². The number of ether oxygens (including phenoxy) is 1. The summed E-state index contributed by atoms with van der Waals surface area (Å²) in [6, 6.07) is 7.54. The number of aromatic nitrogens is 3. The number of aromatic amines is 1. The van der Waals surface area contributed by atoms with Crippen molar-refractivity contribution < 1.29 is 13.2 Å². The molecule has 1 aromatic carbocycles. The molecule has 1 N–H and O–H groups in total. The number of benzene rings is 1. The number of nitrogens with zero attached hydrogens (tertiary/aromatic N) is 2. The number of sulfone groups is 1. The average molecular weight is 430 g/mol. The molecule has 30 heavy (non-hydrogen) atoms. The van der Waals surface area contributed by atoms with E-state index in [4.69, 9.17) is 9.72 Å². The fourth-order valence-electron chi connectivity index (χ4n) is 3.95. The van der Waals surface area contributed by atoms with Crippen LogP contribution < -0.4 is 5.56 Å². The van der Waals surface area contributed by atoms with Crippen LogP contribution in [0.1, 0.15) is 39.4 Å². The van der Waals surface area contributed by atoms with E-state index < -0.39 is 15.4 Å². The molecular weight excluding hydrogens is 402 g/mol. The minimum absolute atomic E-state index is 0.0247. The van der Waals surface area contributed by atoms with Gasteiger partial charge >= 0.3 is 0 Å². The number of H-pyrrole nitrogens is 1. The van der Waals surface area contributed by atoms with Gasteiger partial charge in [-0.15, -0.1) is 0 Å². The van der Waals surface area contributed by atoms with Crippen LogP contribution in [-0.2, 0) is 26.5 Å². The molecule has 0 bridgehead atoms. The van der Waals surface area contributed by atoms with Gasteiger partial charge < -0.3 is 14.3 Å². The summed E-state index contributed by atoms with van der Waals surface area (Å²) in [4.78, 5) is 19.0. The van der Waals surface area contributed by atoms with Crippen LogP contribution in [-0.4, -0.2) is 36.2 Å². The Morgan fingerprint density at radius 1 is 1.13 bits per heavy atom. The first-order chi connectivity index (χ1) is 14.2. The maximum atomic E-state index is 13.0. The zero-order valence-corrected chi connectivity index (χ0v) is 18.3. The molecule has 7 nitrogen and oxygen atoms in total. The monoisotopic (exact) mass is 429 g/mol. The second-order valence-electron chi connectivity index (χ2n) is 8.89. The minimum Gasteiger partial charge on any atom is -0.381 e. The highest BCUT2D eigenvalue weighted by molar-refractivity contribution is 7.91. The van der Waals surface area contributed by atoms with E-state index in [1.807, 2.05) is 6.07 Å². The normalized spacial score (nSPS) is 16.2. The summed E-state index contributed by atoms with van der Waals surface area (Å²) in [6.07, 6.45) is 3.37. The van der Waals surface area contributed by atoms with Gasteiger partial charge in [0.25, 0.3) is 0 Å². The minimum atomic E-state index is -3.80. The lowest BCUT2D eigenvalue weighted by atomic mass is 9.94. The molecule has 0 amide bonds. The van der Waals surface area contributed by atoms with Gasteiger partial charge in [-0.2, -0.15) is 0 Å². The third kappa shape index (κ3) is 3.94. The maximum absolute atomic E-state index is 13.0. The van der Waals surface area contributed by atoms with E-state index in [1.165, 1.54) is 12.3 Å². The number of hydrogen-bond donors (Lipinski definition) is 1. The Labute approximate surface area is 176 Å². The molecule has 1 aliphatic heterocycles. The largest absolute Gasteiger partial charge is 0.381 e. The van der Waals surface area contributed by atoms with Gasteiger partial charge in [-0.3, -0.25) is 4.79 Å². The molecule has 0 unspecified atom stereocenters. The predicted molar refractivity (Wildman–Crippen MR) is 114 cm³/mol. The van der Waals surface area contributed by atoms with E-state index in [9.17, 15) is 13.2 Å². The Hall–Kier alpha value is -2.45. The van der Waals surface area contributed by atoms with Crippen LogP contribution in [0.15, 0.2) is 51.1 Å². The molecule has 3 heterocycles. The van der Waals surface area contributed by atoms with E-state index in [1.54, 1.807) is 12.1 Å². The summed E-state index contributed by atoms with van der Waals surface area (Å²) in [5.74, 6) is 1.45.